The predicted octanol–water partition coefficient (Wildman–Crippen LogP) is 3.08. The van der Waals surface area contributed by atoms with Crippen LogP contribution < -0.4 is 4.90 Å². The van der Waals surface area contributed by atoms with Crippen molar-refractivity contribution >= 4 is 5.82 Å². The van der Waals surface area contributed by atoms with Gasteiger partial charge < -0.3 is 14.4 Å². The monoisotopic (exact) mass is 404 g/mol. The zero-order valence-electron chi connectivity index (χ0n) is 17.2. The molecule has 1 unspecified atom stereocenters. The number of hydrogen-bond acceptors (Lipinski definition) is 7. The molecular formula is C22H24N6O2. The van der Waals surface area contributed by atoms with Crippen LogP contribution in [0, 0.1) is 18.3 Å². The second-order valence-corrected chi connectivity index (χ2v) is 7.14. The van der Waals surface area contributed by atoms with Gasteiger partial charge in [0.2, 0.25) is 0 Å². The first-order valence-electron chi connectivity index (χ1n) is 9.92. The van der Waals surface area contributed by atoms with Gasteiger partial charge in [-0.3, -0.25) is 0 Å². The van der Waals surface area contributed by atoms with Crippen molar-refractivity contribution in [2.75, 3.05) is 38.3 Å². The Morgan fingerprint density at radius 2 is 1.97 bits per heavy atom. The smallest absolute Gasteiger partial charge is 0.163 e. The van der Waals surface area contributed by atoms with Gasteiger partial charge in [-0.05, 0) is 19.1 Å². The van der Waals surface area contributed by atoms with Gasteiger partial charge in [0.1, 0.15) is 11.9 Å². The van der Waals surface area contributed by atoms with Gasteiger partial charge in [-0.1, -0.05) is 23.8 Å². The number of methoxy groups -OCH3 is 1. The SMILES string of the molecule is COC(CC#N)c1nc(N2CCOCC2)cc(-n2ccc(-c3cccc(C)c3)n2)n1. The van der Waals surface area contributed by atoms with Crippen molar-refractivity contribution in [3.05, 3.63) is 54.0 Å². The van der Waals surface area contributed by atoms with Crippen LogP contribution in [0.1, 0.15) is 23.9 Å². The van der Waals surface area contributed by atoms with Crippen molar-refractivity contribution in [2.24, 2.45) is 0 Å². The van der Waals surface area contributed by atoms with Crippen LogP contribution in [0.4, 0.5) is 5.82 Å². The Morgan fingerprint density at radius 3 is 2.70 bits per heavy atom. The van der Waals surface area contributed by atoms with Crippen molar-refractivity contribution in [1.82, 2.24) is 19.7 Å². The summed E-state index contributed by atoms with van der Waals surface area (Å²) in [5.41, 5.74) is 3.10. The van der Waals surface area contributed by atoms with E-state index in [1.165, 1.54) is 5.56 Å². The van der Waals surface area contributed by atoms with E-state index in [0.29, 0.717) is 24.9 Å². The maximum atomic E-state index is 9.16. The number of benzene rings is 1. The number of rotatable bonds is 6. The summed E-state index contributed by atoms with van der Waals surface area (Å²) >= 11 is 0. The fraction of sp³-hybridized carbons (Fsp3) is 0.364. The Balaban J connectivity index is 1.74. The van der Waals surface area contributed by atoms with Gasteiger partial charge in [0.05, 0.1) is 31.4 Å². The summed E-state index contributed by atoms with van der Waals surface area (Å²) in [5.74, 6) is 1.90. The molecule has 30 heavy (non-hydrogen) atoms. The third kappa shape index (κ3) is 4.32. The van der Waals surface area contributed by atoms with Crippen LogP contribution in [0.2, 0.25) is 0 Å². The normalized spacial score (nSPS) is 15.0. The van der Waals surface area contributed by atoms with Crippen LogP contribution in [0.15, 0.2) is 42.6 Å². The molecule has 1 aliphatic heterocycles. The lowest BCUT2D eigenvalue weighted by molar-refractivity contribution is 0.0994. The molecule has 0 amide bonds. The molecule has 0 N–H and O–H groups in total. The molecule has 8 heteroatoms. The molecule has 0 radical (unpaired) electrons. The minimum atomic E-state index is -0.499. The summed E-state index contributed by atoms with van der Waals surface area (Å²) in [6.45, 7) is 4.87. The first-order chi connectivity index (χ1) is 14.7. The van der Waals surface area contributed by atoms with Gasteiger partial charge in [0, 0.05) is 38.0 Å². The number of anilines is 1. The highest BCUT2D eigenvalue weighted by atomic mass is 16.5. The lowest BCUT2D eigenvalue weighted by Gasteiger charge is -2.28. The quantitative estimate of drug-likeness (QED) is 0.624. The standard InChI is InChI=1S/C22H24N6O2/c1-16-4-3-5-17(14-16)18-7-9-28(26-18)21-15-20(27-10-12-30-13-11-27)24-22(25-21)19(29-2)6-8-23/h3-5,7,9,14-15,19H,6,10-13H2,1-2H3. The minimum Gasteiger partial charge on any atom is -0.378 e. The molecule has 2 aromatic heterocycles. The Kier molecular flexibility index (Phi) is 6.02. The van der Waals surface area contributed by atoms with E-state index in [1.807, 2.05) is 30.5 Å². The van der Waals surface area contributed by atoms with Gasteiger partial charge in [-0.25, -0.2) is 14.6 Å². The molecule has 1 saturated heterocycles. The first kappa shape index (κ1) is 20.0. The number of ether oxygens (including phenoxy) is 2. The Labute approximate surface area is 175 Å². The Bertz CT molecular complexity index is 1050. The molecular weight excluding hydrogens is 380 g/mol. The molecule has 3 heterocycles. The minimum absolute atomic E-state index is 0.177. The molecule has 1 atom stereocenters. The molecule has 8 nitrogen and oxygen atoms in total. The lowest BCUT2D eigenvalue weighted by Crippen LogP contribution is -2.37. The largest absolute Gasteiger partial charge is 0.378 e. The van der Waals surface area contributed by atoms with Gasteiger partial charge in [0.25, 0.3) is 0 Å². The van der Waals surface area contributed by atoms with E-state index in [4.69, 9.17) is 24.8 Å². The van der Waals surface area contributed by atoms with Crippen LogP contribution in [0.25, 0.3) is 17.1 Å². The maximum absolute atomic E-state index is 9.16. The Hall–Kier alpha value is -3.28. The third-order valence-electron chi connectivity index (χ3n) is 5.04. The highest BCUT2D eigenvalue weighted by Crippen LogP contribution is 2.24. The topological polar surface area (TPSA) is 89.1 Å². The van der Waals surface area contributed by atoms with E-state index in [-0.39, 0.29) is 6.42 Å². The summed E-state index contributed by atoms with van der Waals surface area (Å²) in [6.07, 6.45) is 1.57. The number of aromatic nitrogens is 4. The molecule has 0 spiro atoms. The van der Waals surface area contributed by atoms with Gasteiger partial charge in [-0.2, -0.15) is 10.4 Å². The van der Waals surface area contributed by atoms with Crippen LogP contribution >= 0.6 is 0 Å². The van der Waals surface area contributed by atoms with Crippen molar-refractivity contribution in [1.29, 1.82) is 5.26 Å². The van der Waals surface area contributed by atoms with Crippen LogP contribution in [0.5, 0.6) is 0 Å². The number of hydrogen-bond donors (Lipinski definition) is 0. The van der Waals surface area contributed by atoms with Crippen molar-refractivity contribution in [3.63, 3.8) is 0 Å². The fourth-order valence-electron chi connectivity index (χ4n) is 3.43. The third-order valence-corrected chi connectivity index (χ3v) is 5.04. The zero-order chi connectivity index (χ0) is 20.9. The van der Waals surface area contributed by atoms with E-state index in [9.17, 15) is 0 Å². The van der Waals surface area contributed by atoms with E-state index >= 15 is 0 Å². The molecule has 0 bridgehead atoms. The average Bonchev–Trinajstić information content (AvgIpc) is 3.28. The summed E-state index contributed by atoms with van der Waals surface area (Å²) in [5, 5.41) is 13.9. The van der Waals surface area contributed by atoms with Gasteiger partial charge in [0.15, 0.2) is 11.6 Å². The molecule has 3 aromatic rings. The summed E-state index contributed by atoms with van der Waals surface area (Å²) in [7, 11) is 1.57. The van der Waals surface area contributed by atoms with Gasteiger partial charge >= 0.3 is 0 Å². The van der Waals surface area contributed by atoms with Crippen molar-refractivity contribution in [3.8, 4) is 23.1 Å². The summed E-state index contributed by atoms with van der Waals surface area (Å²) in [4.78, 5) is 11.5. The van der Waals surface area contributed by atoms with Crippen molar-refractivity contribution in [2.45, 2.75) is 19.4 Å². The number of nitrogens with zero attached hydrogens (tertiary/aromatic N) is 6. The second-order valence-electron chi connectivity index (χ2n) is 7.14. The van der Waals surface area contributed by atoms with Crippen LogP contribution in [-0.2, 0) is 9.47 Å². The predicted molar refractivity (Wildman–Crippen MR) is 112 cm³/mol. The van der Waals surface area contributed by atoms with E-state index in [1.54, 1.807) is 11.8 Å². The second kappa shape index (κ2) is 9.03. The average molecular weight is 404 g/mol. The molecule has 154 valence electrons. The lowest BCUT2D eigenvalue weighted by atomic mass is 10.1. The van der Waals surface area contributed by atoms with E-state index < -0.39 is 6.10 Å². The number of morpholine rings is 1. The molecule has 4 rings (SSSR count). The van der Waals surface area contributed by atoms with E-state index in [2.05, 4.69) is 35.0 Å². The van der Waals surface area contributed by atoms with Crippen LogP contribution in [-0.4, -0.2) is 53.2 Å². The molecule has 1 aromatic carbocycles. The summed E-state index contributed by atoms with van der Waals surface area (Å²) < 4.78 is 12.7. The first-order valence-corrected chi connectivity index (χ1v) is 9.92. The van der Waals surface area contributed by atoms with E-state index in [0.717, 1.165) is 30.2 Å². The van der Waals surface area contributed by atoms with Crippen molar-refractivity contribution < 1.29 is 9.47 Å². The zero-order valence-corrected chi connectivity index (χ0v) is 17.2. The maximum Gasteiger partial charge on any atom is 0.163 e. The molecule has 0 saturated carbocycles. The molecule has 1 aliphatic rings. The summed E-state index contributed by atoms with van der Waals surface area (Å²) in [6, 6.07) is 14.3. The van der Waals surface area contributed by atoms with Crippen LogP contribution in [0.3, 0.4) is 0 Å². The number of aryl methyl sites for hydroxylation is 1. The number of nitriles is 1. The molecule has 0 aliphatic carbocycles. The Morgan fingerprint density at radius 1 is 1.17 bits per heavy atom. The highest BCUT2D eigenvalue weighted by molar-refractivity contribution is 5.60. The van der Waals surface area contributed by atoms with Gasteiger partial charge in [-0.15, -0.1) is 0 Å². The molecule has 1 fully saturated rings. The fourth-order valence-corrected chi connectivity index (χ4v) is 3.43. The highest BCUT2D eigenvalue weighted by Gasteiger charge is 2.20.